The van der Waals surface area contributed by atoms with Gasteiger partial charge in [0, 0.05) is 83.3 Å². The van der Waals surface area contributed by atoms with Crippen LogP contribution in [-0.4, -0.2) is 125 Å². The molecule has 0 saturated carbocycles. The number of hydrogen-bond donors (Lipinski definition) is 3. The fourth-order valence-corrected chi connectivity index (χ4v) is 7.13. The molecule has 3 N–H and O–H groups in total. The number of amides is 8. The highest BCUT2D eigenvalue weighted by Crippen LogP contribution is 2.14. The van der Waals surface area contributed by atoms with Gasteiger partial charge in [0.15, 0.2) is 0 Å². The largest absolute Gasteiger partial charge is 0.338 e. The van der Waals surface area contributed by atoms with E-state index in [9.17, 15) is 24.0 Å². The third kappa shape index (κ3) is 22.9. The molecule has 55 heavy (non-hydrogen) atoms. The van der Waals surface area contributed by atoms with Crippen molar-refractivity contribution >= 4 is 29.9 Å². The Bertz CT molecular complexity index is 998. The molecule has 0 rings (SSSR count). The highest BCUT2D eigenvalue weighted by molar-refractivity contribution is 5.95. The Morgan fingerprint density at radius 2 is 0.709 bits per heavy atom. The number of urea groups is 3. The van der Waals surface area contributed by atoms with Gasteiger partial charge >= 0.3 is 18.1 Å². The maximum Gasteiger partial charge on any atom is 0.332 e. The molecule has 0 aromatic carbocycles. The van der Waals surface area contributed by atoms with Crippen LogP contribution in [0, 0.1) is 0 Å². The van der Waals surface area contributed by atoms with Crippen molar-refractivity contribution in [3.63, 3.8) is 0 Å². The van der Waals surface area contributed by atoms with Gasteiger partial charge in [0.25, 0.3) is 0 Å². The molecule has 0 spiro atoms. The van der Waals surface area contributed by atoms with Gasteiger partial charge in [-0.1, -0.05) is 51.4 Å². The minimum Gasteiger partial charge on any atom is -0.338 e. The molecule has 0 aromatic rings. The predicted molar refractivity (Wildman–Crippen MR) is 226 cm³/mol. The van der Waals surface area contributed by atoms with E-state index in [1.165, 1.54) is 4.90 Å². The number of imide groups is 1. The van der Waals surface area contributed by atoms with Crippen molar-refractivity contribution < 1.29 is 24.0 Å². The molecule has 0 aliphatic rings. The SMILES string of the molecule is CC(C)N(C(=O)NCCCCCCCC(=O)N(CCCCCCNC(=O)N(C(C)C)C(C)C)C(=O)CCCCCCCNC(=O)N(C(C)C)N(C)C)C(C)C. The van der Waals surface area contributed by atoms with Gasteiger partial charge < -0.3 is 25.8 Å². The van der Waals surface area contributed by atoms with Crippen LogP contribution in [0.2, 0.25) is 0 Å². The summed E-state index contributed by atoms with van der Waals surface area (Å²) >= 11 is 0. The topological polar surface area (TPSA) is 138 Å². The number of carbonyl (C=O) groups is 5. The monoisotopic (exact) mass is 781 g/mol. The van der Waals surface area contributed by atoms with Crippen LogP contribution in [0.15, 0.2) is 0 Å². The number of nitrogens with one attached hydrogen (secondary N) is 3. The molecule has 13 heteroatoms. The second-order valence-electron chi connectivity index (χ2n) is 16.6. The lowest BCUT2D eigenvalue weighted by Crippen LogP contribution is -2.51. The Balaban J connectivity index is 4.77. The van der Waals surface area contributed by atoms with Crippen molar-refractivity contribution in [2.24, 2.45) is 0 Å². The standard InChI is InChI=1S/C42H84N8O5/c1-33(2)48(34(3)4)40(53)43-29-23-17-13-15-21-27-38(51)47(32-26-20-19-25-30-44-41(54)49(35(5)6)36(7)8)39(52)28-22-16-14-18-24-31-45-42(55)50(37(9)10)46(11)12/h33-37H,13-32H2,1-12H3,(H,43,53)(H,44,54)(H,45,55). The summed E-state index contributed by atoms with van der Waals surface area (Å²) in [4.78, 5) is 69.4. The fourth-order valence-electron chi connectivity index (χ4n) is 7.13. The number of unbranched alkanes of at least 4 members (excludes halogenated alkanes) is 11. The first-order chi connectivity index (χ1) is 25.9. The van der Waals surface area contributed by atoms with Crippen LogP contribution in [0.4, 0.5) is 14.4 Å². The summed E-state index contributed by atoms with van der Waals surface area (Å²) in [7, 11) is 3.72. The van der Waals surface area contributed by atoms with Crippen LogP contribution in [0.25, 0.3) is 0 Å². The van der Waals surface area contributed by atoms with Crippen molar-refractivity contribution in [2.75, 3.05) is 40.3 Å². The summed E-state index contributed by atoms with van der Waals surface area (Å²) in [6.45, 7) is 22.4. The van der Waals surface area contributed by atoms with E-state index in [0.29, 0.717) is 39.0 Å². The molecule has 0 atom stereocenters. The highest BCUT2D eigenvalue weighted by Gasteiger charge is 2.22. The van der Waals surface area contributed by atoms with Gasteiger partial charge in [-0.3, -0.25) is 19.5 Å². The molecule has 0 fully saturated rings. The zero-order valence-corrected chi connectivity index (χ0v) is 37.3. The van der Waals surface area contributed by atoms with E-state index < -0.39 is 0 Å². The average Bonchev–Trinajstić information content (AvgIpc) is 3.07. The van der Waals surface area contributed by atoms with Gasteiger partial charge in [0.1, 0.15) is 0 Å². The Morgan fingerprint density at radius 3 is 1.04 bits per heavy atom. The summed E-state index contributed by atoms with van der Waals surface area (Å²) < 4.78 is 0. The van der Waals surface area contributed by atoms with Gasteiger partial charge in [-0.05, 0) is 108 Å². The lowest BCUT2D eigenvalue weighted by molar-refractivity contribution is -0.145. The van der Waals surface area contributed by atoms with Gasteiger partial charge in [-0.15, -0.1) is 0 Å². The number of nitrogens with zero attached hydrogens (tertiary/aromatic N) is 5. The van der Waals surface area contributed by atoms with E-state index >= 15 is 0 Å². The van der Waals surface area contributed by atoms with E-state index in [1.807, 2.05) is 93.1 Å². The number of hydrazine groups is 1. The van der Waals surface area contributed by atoms with E-state index in [-0.39, 0.29) is 60.1 Å². The lowest BCUT2D eigenvalue weighted by Gasteiger charge is -2.32. The zero-order valence-electron chi connectivity index (χ0n) is 37.3. The van der Waals surface area contributed by atoms with E-state index in [0.717, 1.165) is 89.9 Å². The normalized spacial score (nSPS) is 11.5. The molecular formula is C42H84N8O5. The number of carbonyl (C=O) groups excluding carboxylic acids is 5. The summed E-state index contributed by atoms with van der Waals surface area (Å²) in [6.07, 6.45) is 13.1. The van der Waals surface area contributed by atoms with Crippen LogP contribution < -0.4 is 16.0 Å². The molecule has 322 valence electrons. The summed E-state index contributed by atoms with van der Waals surface area (Å²) in [6, 6.07) is 0.486. The first-order valence-corrected chi connectivity index (χ1v) is 21.6. The Labute approximate surface area is 336 Å². The molecule has 0 heterocycles. The quantitative estimate of drug-likeness (QED) is 0.0518. The van der Waals surface area contributed by atoms with Crippen molar-refractivity contribution in [3.8, 4) is 0 Å². The Hall–Kier alpha value is -3.09. The molecule has 0 saturated heterocycles. The second kappa shape index (κ2) is 30.1. The molecule has 0 aliphatic carbocycles. The van der Waals surface area contributed by atoms with Crippen molar-refractivity contribution in [3.05, 3.63) is 0 Å². The molecule has 0 unspecified atom stereocenters. The van der Waals surface area contributed by atoms with E-state index in [1.54, 1.807) is 10.0 Å². The van der Waals surface area contributed by atoms with Crippen molar-refractivity contribution in [1.82, 2.24) is 40.7 Å². The molecule has 0 aromatic heterocycles. The molecule has 0 bridgehead atoms. The Kier molecular flexibility index (Phi) is 28.4. The summed E-state index contributed by atoms with van der Waals surface area (Å²) in [5, 5.41) is 12.5. The van der Waals surface area contributed by atoms with Crippen LogP contribution in [0.5, 0.6) is 0 Å². The van der Waals surface area contributed by atoms with E-state index in [4.69, 9.17) is 0 Å². The minimum atomic E-state index is -0.0948. The van der Waals surface area contributed by atoms with Crippen molar-refractivity contribution in [2.45, 2.75) is 202 Å². The smallest absolute Gasteiger partial charge is 0.332 e. The van der Waals surface area contributed by atoms with Gasteiger partial charge in [-0.2, -0.15) is 0 Å². The van der Waals surface area contributed by atoms with Crippen LogP contribution in [0.1, 0.15) is 172 Å². The Morgan fingerprint density at radius 1 is 0.400 bits per heavy atom. The first-order valence-electron chi connectivity index (χ1n) is 21.6. The van der Waals surface area contributed by atoms with Crippen LogP contribution in [0.3, 0.4) is 0 Å². The third-order valence-corrected chi connectivity index (χ3v) is 9.70. The zero-order chi connectivity index (χ0) is 41.9. The predicted octanol–water partition coefficient (Wildman–Crippen LogP) is 8.14. The minimum absolute atomic E-state index is 0.0220. The molecule has 13 nitrogen and oxygen atoms in total. The van der Waals surface area contributed by atoms with Gasteiger partial charge in [0.2, 0.25) is 11.8 Å². The molecule has 0 aliphatic heterocycles. The molecule has 0 radical (unpaired) electrons. The average molecular weight is 781 g/mol. The maximum atomic E-state index is 13.3. The van der Waals surface area contributed by atoms with Crippen LogP contribution in [-0.2, 0) is 9.59 Å². The fraction of sp³-hybridized carbons (Fsp3) is 0.881. The first kappa shape index (κ1) is 51.9. The van der Waals surface area contributed by atoms with Crippen LogP contribution >= 0.6 is 0 Å². The second-order valence-corrected chi connectivity index (χ2v) is 16.6. The van der Waals surface area contributed by atoms with Gasteiger partial charge in [0.05, 0.1) is 0 Å². The van der Waals surface area contributed by atoms with Gasteiger partial charge in [-0.25, -0.2) is 19.4 Å². The van der Waals surface area contributed by atoms with Crippen molar-refractivity contribution in [1.29, 1.82) is 0 Å². The molecule has 8 amide bonds. The maximum absolute atomic E-state index is 13.3. The number of hydrogen-bond acceptors (Lipinski definition) is 6. The molecular weight excluding hydrogens is 697 g/mol. The van der Waals surface area contributed by atoms with E-state index in [2.05, 4.69) is 16.0 Å². The number of rotatable bonds is 29. The summed E-state index contributed by atoms with van der Waals surface area (Å²) in [5.74, 6) is -0.171. The third-order valence-electron chi connectivity index (χ3n) is 9.70. The lowest BCUT2D eigenvalue weighted by atomic mass is 10.1. The summed E-state index contributed by atoms with van der Waals surface area (Å²) in [5.41, 5.74) is 0. The highest BCUT2D eigenvalue weighted by atomic mass is 16.2.